The molecule has 2 amide bonds. The van der Waals surface area contributed by atoms with E-state index in [-0.39, 0.29) is 24.0 Å². The summed E-state index contributed by atoms with van der Waals surface area (Å²) in [5.74, 6) is -0.938. The van der Waals surface area contributed by atoms with E-state index in [1.54, 1.807) is 6.92 Å². The number of ketones is 1. The van der Waals surface area contributed by atoms with Crippen LogP contribution in [0.4, 0.5) is 0 Å². The van der Waals surface area contributed by atoms with Gasteiger partial charge in [-0.25, -0.2) is 0 Å². The van der Waals surface area contributed by atoms with Gasteiger partial charge in [-0.2, -0.15) is 0 Å². The zero-order valence-electron chi connectivity index (χ0n) is 9.03. The van der Waals surface area contributed by atoms with Crippen molar-refractivity contribution in [3.8, 4) is 0 Å². The summed E-state index contributed by atoms with van der Waals surface area (Å²) in [7, 11) is 0. The van der Waals surface area contributed by atoms with Crippen molar-refractivity contribution in [2.24, 2.45) is 11.7 Å². The van der Waals surface area contributed by atoms with E-state index in [2.05, 4.69) is 0 Å². The highest BCUT2D eigenvalue weighted by atomic mass is 16.2. The predicted octanol–water partition coefficient (Wildman–Crippen LogP) is -0.312. The van der Waals surface area contributed by atoms with Crippen molar-refractivity contribution in [1.29, 1.82) is 0 Å². The maximum atomic E-state index is 11.6. The SMILES string of the molecule is CC[C@@H](C(N)=O)N1CC(C(C)=O)CC1=O. The fourth-order valence-electron chi connectivity index (χ4n) is 1.88. The molecular weight excluding hydrogens is 196 g/mol. The molecule has 1 unspecified atom stereocenters. The molecule has 0 spiro atoms. The van der Waals surface area contributed by atoms with Crippen molar-refractivity contribution in [1.82, 2.24) is 4.90 Å². The molecule has 0 aromatic carbocycles. The number of carbonyl (C=O) groups is 3. The standard InChI is InChI=1S/C10H16N2O3/c1-3-8(10(11)15)12-5-7(6(2)13)4-9(12)14/h7-8H,3-5H2,1-2H3,(H2,11,15)/t7?,8-/m0/s1. The zero-order valence-corrected chi connectivity index (χ0v) is 9.03. The van der Waals surface area contributed by atoms with Crippen molar-refractivity contribution in [3.05, 3.63) is 0 Å². The Morgan fingerprint density at radius 2 is 2.20 bits per heavy atom. The van der Waals surface area contributed by atoms with Crippen LogP contribution in [-0.2, 0) is 14.4 Å². The van der Waals surface area contributed by atoms with Gasteiger partial charge in [-0.05, 0) is 13.3 Å². The van der Waals surface area contributed by atoms with Crippen molar-refractivity contribution in [3.63, 3.8) is 0 Å². The lowest BCUT2D eigenvalue weighted by atomic mass is 10.1. The second-order valence-electron chi connectivity index (χ2n) is 3.88. The van der Waals surface area contributed by atoms with Gasteiger partial charge in [0.2, 0.25) is 11.8 Å². The number of nitrogens with two attached hydrogens (primary N) is 1. The first kappa shape index (κ1) is 11.7. The molecule has 0 aromatic heterocycles. The molecule has 2 N–H and O–H groups in total. The van der Waals surface area contributed by atoms with Crippen LogP contribution in [0, 0.1) is 5.92 Å². The molecule has 0 aliphatic carbocycles. The number of hydrogen-bond acceptors (Lipinski definition) is 3. The Labute approximate surface area is 88.6 Å². The van der Waals surface area contributed by atoms with Gasteiger partial charge in [0.05, 0.1) is 0 Å². The van der Waals surface area contributed by atoms with Gasteiger partial charge in [-0.1, -0.05) is 6.92 Å². The lowest BCUT2D eigenvalue weighted by molar-refractivity contribution is -0.136. The Morgan fingerprint density at radius 3 is 2.53 bits per heavy atom. The number of amides is 2. The Kier molecular flexibility index (Phi) is 3.44. The minimum atomic E-state index is -0.568. The van der Waals surface area contributed by atoms with Gasteiger partial charge in [-0.3, -0.25) is 14.4 Å². The van der Waals surface area contributed by atoms with Crippen molar-refractivity contribution >= 4 is 17.6 Å². The molecule has 1 aliphatic rings. The van der Waals surface area contributed by atoms with Gasteiger partial charge in [0.1, 0.15) is 11.8 Å². The van der Waals surface area contributed by atoms with E-state index in [1.807, 2.05) is 0 Å². The summed E-state index contributed by atoms with van der Waals surface area (Å²) >= 11 is 0. The normalized spacial score (nSPS) is 22.9. The van der Waals surface area contributed by atoms with Crippen LogP contribution in [0.15, 0.2) is 0 Å². The Balaban J connectivity index is 2.75. The van der Waals surface area contributed by atoms with Crippen molar-refractivity contribution in [2.75, 3.05) is 6.54 Å². The average molecular weight is 212 g/mol. The number of hydrogen-bond donors (Lipinski definition) is 1. The number of rotatable bonds is 4. The third-order valence-electron chi connectivity index (χ3n) is 2.82. The highest BCUT2D eigenvalue weighted by Gasteiger charge is 2.37. The van der Waals surface area contributed by atoms with Crippen LogP contribution >= 0.6 is 0 Å². The largest absolute Gasteiger partial charge is 0.368 e. The summed E-state index contributed by atoms with van der Waals surface area (Å²) in [6.45, 7) is 3.59. The summed E-state index contributed by atoms with van der Waals surface area (Å²) in [6, 6.07) is -0.568. The number of primary amides is 1. The monoisotopic (exact) mass is 212 g/mol. The molecule has 5 heteroatoms. The van der Waals surface area contributed by atoms with Crippen LogP contribution in [0.5, 0.6) is 0 Å². The predicted molar refractivity (Wildman–Crippen MR) is 53.8 cm³/mol. The average Bonchev–Trinajstić information content (AvgIpc) is 2.49. The second-order valence-corrected chi connectivity index (χ2v) is 3.88. The minimum Gasteiger partial charge on any atom is -0.368 e. The quantitative estimate of drug-likeness (QED) is 0.694. The highest BCUT2D eigenvalue weighted by molar-refractivity contribution is 5.92. The first-order valence-corrected chi connectivity index (χ1v) is 5.06. The topological polar surface area (TPSA) is 80.5 Å². The van der Waals surface area contributed by atoms with E-state index in [9.17, 15) is 14.4 Å². The van der Waals surface area contributed by atoms with Gasteiger partial charge in [0.15, 0.2) is 0 Å². The molecule has 1 rings (SSSR count). The van der Waals surface area contributed by atoms with E-state index in [4.69, 9.17) is 5.73 Å². The van der Waals surface area contributed by atoms with E-state index >= 15 is 0 Å². The fourth-order valence-corrected chi connectivity index (χ4v) is 1.88. The van der Waals surface area contributed by atoms with Gasteiger partial charge in [0, 0.05) is 18.9 Å². The first-order chi connectivity index (χ1) is 6.97. The summed E-state index contributed by atoms with van der Waals surface area (Å²) in [5, 5.41) is 0. The molecule has 0 radical (unpaired) electrons. The molecule has 5 nitrogen and oxygen atoms in total. The number of Topliss-reactive ketones (excluding diaryl/α,β-unsaturated/α-hetero) is 1. The molecule has 1 fully saturated rings. The highest BCUT2D eigenvalue weighted by Crippen LogP contribution is 2.21. The lowest BCUT2D eigenvalue weighted by Crippen LogP contribution is -2.45. The van der Waals surface area contributed by atoms with Gasteiger partial charge in [0.25, 0.3) is 0 Å². The van der Waals surface area contributed by atoms with E-state index in [0.717, 1.165) is 0 Å². The first-order valence-electron chi connectivity index (χ1n) is 5.06. The second kappa shape index (κ2) is 4.42. The molecule has 1 heterocycles. The molecule has 0 aromatic rings. The van der Waals surface area contributed by atoms with Crippen LogP contribution in [0.1, 0.15) is 26.7 Å². The molecule has 2 atom stereocenters. The van der Waals surface area contributed by atoms with E-state index in [0.29, 0.717) is 13.0 Å². The van der Waals surface area contributed by atoms with Crippen LogP contribution in [0.2, 0.25) is 0 Å². The molecular formula is C10H16N2O3. The van der Waals surface area contributed by atoms with Crippen molar-refractivity contribution < 1.29 is 14.4 Å². The van der Waals surface area contributed by atoms with Crippen molar-refractivity contribution in [2.45, 2.75) is 32.7 Å². The molecule has 1 aliphatic heterocycles. The maximum absolute atomic E-state index is 11.6. The van der Waals surface area contributed by atoms with Gasteiger partial charge in [-0.15, -0.1) is 0 Å². The molecule has 1 saturated heterocycles. The van der Waals surface area contributed by atoms with Crippen LogP contribution in [-0.4, -0.2) is 35.1 Å². The van der Waals surface area contributed by atoms with E-state index in [1.165, 1.54) is 11.8 Å². The zero-order chi connectivity index (χ0) is 11.6. The molecule has 0 bridgehead atoms. The fraction of sp³-hybridized carbons (Fsp3) is 0.700. The Hall–Kier alpha value is -1.39. The molecule has 15 heavy (non-hydrogen) atoms. The number of likely N-dealkylation sites (tertiary alicyclic amines) is 1. The van der Waals surface area contributed by atoms with E-state index < -0.39 is 11.9 Å². The van der Waals surface area contributed by atoms with Gasteiger partial charge < -0.3 is 10.6 Å². The number of carbonyl (C=O) groups excluding carboxylic acids is 3. The summed E-state index contributed by atoms with van der Waals surface area (Å²) < 4.78 is 0. The third-order valence-corrected chi connectivity index (χ3v) is 2.82. The maximum Gasteiger partial charge on any atom is 0.240 e. The summed E-state index contributed by atoms with van der Waals surface area (Å²) in [6.07, 6.45) is 0.699. The minimum absolute atomic E-state index is 0.00910. The summed E-state index contributed by atoms with van der Waals surface area (Å²) in [5.41, 5.74) is 5.19. The smallest absolute Gasteiger partial charge is 0.240 e. The summed E-state index contributed by atoms with van der Waals surface area (Å²) in [4.78, 5) is 35.2. The van der Waals surface area contributed by atoms with Crippen LogP contribution in [0.3, 0.4) is 0 Å². The van der Waals surface area contributed by atoms with Crippen LogP contribution in [0.25, 0.3) is 0 Å². The van der Waals surface area contributed by atoms with Gasteiger partial charge >= 0.3 is 0 Å². The Morgan fingerprint density at radius 1 is 1.60 bits per heavy atom. The Bertz CT molecular complexity index is 301. The van der Waals surface area contributed by atoms with Crippen LogP contribution < -0.4 is 5.73 Å². The third kappa shape index (κ3) is 2.34. The number of nitrogens with zero attached hydrogens (tertiary/aromatic N) is 1. The lowest BCUT2D eigenvalue weighted by Gasteiger charge is -2.24. The molecule has 0 saturated carbocycles. The molecule has 84 valence electrons.